The summed E-state index contributed by atoms with van der Waals surface area (Å²) in [4.78, 5) is 13.8. The molecule has 1 aliphatic heterocycles. The van der Waals surface area contributed by atoms with Gasteiger partial charge in [0.1, 0.15) is 11.6 Å². The van der Waals surface area contributed by atoms with Gasteiger partial charge in [-0.1, -0.05) is 18.6 Å². The van der Waals surface area contributed by atoms with Crippen molar-refractivity contribution >= 4 is 6.03 Å². The van der Waals surface area contributed by atoms with Gasteiger partial charge in [0.2, 0.25) is 0 Å². The number of aryl methyl sites for hydroxylation is 1. The van der Waals surface area contributed by atoms with E-state index in [1.54, 1.807) is 24.1 Å². The average molecular weight is 331 g/mol. The van der Waals surface area contributed by atoms with Crippen LogP contribution in [0.5, 0.6) is 0 Å². The Balaban J connectivity index is 1.55. The normalized spacial score (nSPS) is 13.9. The molecule has 0 aliphatic carbocycles. The smallest absolute Gasteiger partial charge is 0.317 e. The quantitative estimate of drug-likeness (QED) is 0.936. The summed E-state index contributed by atoms with van der Waals surface area (Å²) in [5, 5.41) is 11.3. The van der Waals surface area contributed by atoms with Crippen molar-refractivity contribution in [2.45, 2.75) is 45.3 Å². The predicted molar refractivity (Wildman–Crippen MR) is 87.7 cm³/mol. The van der Waals surface area contributed by atoms with Crippen molar-refractivity contribution in [1.82, 2.24) is 25.0 Å². The maximum atomic E-state index is 12.9. The molecule has 1 aliphatic rings. The van der Waals surface area contributed by atoms with E-state index >= 15 is 0 Å². The van der Waals surface area contributed by atoms with Crippen LogP contribution in [-0.4, -0.2) is 32.7 Å². The van der Waals surface area contributed by atoms with Crippen LogP contribution in [0, 0.1) is 5.82 Å². The van der Waals surface area contributed by atoms with Gasteiger partial charge in [-0.3, -0.25) is 0 Å². The number of urea groups is 1. The van der Waals surface area contributed by atoms with Crippen molar-refractivity contribution in [3.8, 4) is 0 Å². The van der Waals surface area contributed by atoms with E-state index in [0.717, 1.165) is 43.0 Å². The van der Waals surface area contributed by atoms with Gasteiger partial charge in [0.05, 0.1) is 6.54 Å². The van der Waals surface area contributed by atoms with E-state index in [4.69, 9.17) is 0 Å². The zero-order valence-electron chi connectivity index (χ0n) is 13.8. The molecule has 7 heteroatoms. The van der Waals surface area contributed by atoms with E-state index in [0.29, 0.717) is 13.1 Å². The molecule has 0 fully saturated rings. The van der Waals surface area contributed by atoms with Gasteiger partial charge < -0.3 is 14.8 Å². The molecule has 0 bridgehead atoms. The predicted octanol–water partition coefficient (Wildman–Crippen LogP) is 2.49. The van der Waals surface area contributed by atoms with Gasteiger partial charge in [-0.25, -0.2) is 9.18 Å². The third-order valence-corrected chi connectivity index (χ3v) is 4.26. The molecule has 0 radical (unpaired) electrons. The molecule has 0 saturated heterocycles. The molecule has 1 aromatic heterocycles. The Hall–Kier alpha value is -2.44. The number of hydrogen-bond donors (Lipinski definition) is 1. The third kappa shape index (κ3) is 3.90. The lowest BCUT2D eigenvalue weighted by Gasteiger charge is -2.18. The molecule has 0 saturated carbocycles. The van der Waals surface area contributed by atoms with Crippen LogP contribution in [0.3, 0.4) is 0 Å². The van der Waals surface area contributed by atoms with Crippen LogP contribution in [0.25, 0.3) is 0 Å². The van der Waals surface area contributed by atoms with Crippen molar-refractivity contribution in [2.24, 2.45) is 0 Å². The molecule has 128 valence electrons. The second-order valence-corrected chi connectivity index (χ2v) is 6.14. The number of nitrogens with zero attached hydrogens (tertiary/aromatic N) is 4. The first-order chi connectivity index (χ1) is 11.6. The average Bonchev–Trinajstić information content (AvgIpc) is 2.81. The summed E-state index contributed by atoms with van der Waals surface area (Å²) in [7, 11) is 1.71. The molecule has 2 heterocycles. The Morgan fingerprint density at radius 1 is 1.25 bits per heavy atom. The van der Waals surface area contributed by atoms with Crippen LogP contribution in [0.1, 0.15) is 36.5 Å². The minimum absolute atomic E-state index is 0.190. The summed E-state index contributed by atoms with van der Waals surface area (Å²) in [6, 6.07) is 5.96. The lowest BCUT2D eigenvalue weighted by atomic mass is 10.2. The molecule has 2 amide bonds. The van der Waals surface area contributed by atoms with Gasteiger partial charge in [-0.2, -0.15) is 0 Å². The highest BCUT2D eigenvalue weighted by Gasteiger charge is 2.16. The molecule has 2 aromatic rings. The van der Waals surface area contributed by atoms with E-state index in [9.17, 15) is 9.18 Å². The number of aromatic nitrogens is 3. The van der Waals surface area contributed by atoms with E-state index in [1.807, 2.05) is 0 Å². The van der Waals surface area contributed by atoms with Crippen LogP contribution >= 0.6 is 0 Å². The van der Waals surface area contributed by atoms with Crippen molar-refractivity contribution < 1.29 is 9.18 Å². The first-order valence-corrected chi connectivity index (χ1v) is 8.28. The number of halogens is 1. The number of nitrogens with one attached hydrogen (secondary N) is 1. The summed E-state index contributed by atoms with van der Waals surface area (Å²) < 4.78 is 15.0. The second kappa shape index (κ2) is 7.42. The fourth-order valence-electron chi connectivity index (χ4n) is 2.90. The maximum Gasteiger partial charge on any atom is 0.317 e. The van der Waals surface area contributed by atoms with Crippen molar-refractivity contribution in [1.29, 1.82) is 0 Å². The number of hydrogen-bond acceptors (Lipinski definition) is 3. The molecule has 24 heavy (non-hydrogen) atoms. The fraction of sp³-hybridized carbons (Fsp3) is 0.471. The van der Waals surface area contributed by atoms with Crippen LogP contribution < -0.4 is 5.32 Å². The maximum absolute atomic E-state index is 12.9. The number of carbonyl (C=O) groups is 1. The van der Waals surface area contributed by atoms with Gasteiger partial charge in [0, 0.05) is 26.6 Å². The summed E-state index contributed by atoms with van der Waals surface area (Å²) >= 11 is 0. The molecule has 0 atom stereocenters. The Morgan fingerprint density at radius 3 is 2.83 bits per heavy atom. The fourth-order valence-corrected chi connectivity index (χ4v) is 2.90. The minimum atomic E-state index is -0.279. The van der Waals surface area contributed by atoms with Crippen LogP contribution in [0.4, 0.5) is 9.18 Å². The highest BCUT2D eigenvalue weighted by molar-refractivity contribution is 5.73. The third-order valence-electron chi connectivity index (χ3n) is 4.26. The summed E-state index contributed by atoms with van der Waals surface area (Å²) in [6.07, 6.45) is 4.42. The zero-order chi connectivity index (χ0) is 16.9. The second-order valence-electron chi connectivity index (χ2n) is 6.14. The van der Waals surface area contributed by atoms with Crippen LogP contribution in [0.2, 0.25) is 0 Å². The number of fused-ring (bicyclic) bond motifs is 1. The summed E-state index contributed by atoms with van der Waals surface area (Å²) in [5.74, 6) is 1.53. The van der Waals surface area contributed by atoms with Gasteiger partial charge in [0.25, 0.3) is 0 Å². The van der Waals surface area contributed by atoms with Crippen LogP contribution in [-0.2, 0) is 26.1 Å². The summed E-state index contributed by atoms with van der Waals surface area (Å²) in [6.45, 7) is 1.70. The first-order valence-electron chi connectivity index (χ1n) is 8.28. The molecule has 1 aromatic carbocycles. The first kappa shape index (κ1) is 16.4. The summed E-state index contributed by atoms with van der Waals surface area (Å²) in [5.41, 5.74) is 0.880. The molecular formula is C17H22FN5O. The van der Waals surface area contributed by atoms with E-state index in [-0.39, 0.29) is 11.8 Å². The van der Waals surface area contributed by atoms with Crippen molar-refractivity contribution in [3.05, 3.63) is 47.3 Å². The van der Waals surface area contributed by atoms with Gasteiger partial charge in [-0.05, 0) is 30.5 Å². The van der Waals surface area contributed by atoms with Crippen molar-refractivity contribution in [2.75, 3.05) is 7.05 Å². The topological polar surface area (TPSA) is 63.1 Å². The highest BCUT2D eigenvalue weighted by atomic mass is 19.1. The Kier molecular flexibility index (Phi) is 5.08. The minimum Gasteiger partial charge on any atom is -0.331 e. The van der Waals surface area contributed by atoms with E-state index in [1.165, 1.54) is 18.6 Å². The van der Waals surface area contributed by atoms with Crippen LogP contribution in [0.15, 0.2) is 24.3 Å². The van der Waals surface area contributed by atoms with E-state index < -0.39 is 0 Å². The Morgan fingerprint density at radius 2 is 2.04 bits per heavy atom. The lowest BCUT2D eigenvalue weighted by molar-refractivity contribution is 0.206. The SMILES string of the molecule is CN(Cc1ccc(F)cc1)C(=O)NCc1nnc2n1CCCCC2. The lowest BCUT2D eigenvalue weighted by Crippen LogP contribution is -2.37. The number of amides is 2. The van der Waals surface area contributed by atoms with Gasteiger partial charge in [-0.15, -0.1) is 10.2 Å². The number of rotatable bonds is 4. The van der Waals surface area contributed by atoms with E-state index in [2.05, 4.69) is 20.1 Å². The standard InChI is InChI=1S/C17H22FN5O/c1-22(12-13-6-8-14(18)9-7-13)17(24)19-11-16-21-20-15-5-3-2-4-10-23(15)16/h6-9H,2-5,10-12H2,1H3,(H,19,24). The molecule has 6 nitrogen and oxygen atoms in total. The molecule has 3 rings (SSSR count). The monoisotopic (exact) mass is 331 g/mol. The number of carbonyl (C=O) groups excluding carboxylic acids is 1. The Bertz CT molecular complexity index is 698. The molecular weight excluding hydrogens is 309 g/mol. The highest BCUT2D eigenvalue weighted by Crippen LogP contribution is 2.14. The molecule has 0 spiro atoms. The Labute approximate surface area is 140 Å². The largest absolute Gasteiger partial charge is 0.331 e. The van der Waals surface area contributed by atoms with Gasteiger partial charge >= 0.3 is 6.03 Å². The van der Waals surface area contributed by atoms with Crippen molar-refractivity contribution in [3.63, 3.8) is 0 Å². The van der Waals surface area contributed by atoms with Gasteiger partial charge in [0.15, 0.2) is 5.82 Å². The molecule has 1 N–H and O–H groups in total. The number of benzene rings is 1. The molecule has 0 unspecified atom stereocenters. The zero-order valence-corrected chi connectivity index (χ0v) is 13.8.